The van der Waals surface area contributed by atoms with E-state index in [2.05, 4.69) is 25.7 Å². The molecule has 0 bridgehead atoms. The van der Waals surface area contributed by atoms with Crippen LogP contribution in [-0.2, 0) is 14.2 Å². The molecule has 27 heavy (non-hydrogen) atoms. The molecule has 1 aliphatic carbocycles. The molecular formula is C20H36F3NO3. The molecule has 1 unspecified atom stereocenters. The van der Waals surface area contributed by atoms with E-state index in [1.54, 1.807) is 0 Å². The van der Waals surface area contributed by atoms with Crippen LogP contribution in [0.3, 0.4) is 0 Å². The van der Waals surface area contributed by atoms with Crippen molar-refractivity contribution in [3.05, 3.63) is 0 Å². The highest BCUT2D eigenvalue weighted by molar-refractivity contribution is 4.90. The minimum Gasteiger partial charge on any atom is -0.376 e. The zero-order valence-corrected chi connectivity index (χ0v) is 17.6. The van der Waals surface area contributed by atoms with Gasteiger partial charge in [-0.25, -0.2) is 0 Å². The van der Waals surface area contributed by atoms with E-state index in [9.17, 15) is 13.2 Å². The number of nitrogens with zero attached hydrogens (tertiary/aromatic N) is 1. The number of halogens is 3. The summed E-state index contributed by atoms with van der Waals surface area (Å²) in [6.45, 7) is 13.8. The summed E-state index contributed by atoms with van der Waals surface area (Å²) < 4.78 is 56.3. The van der Waals surface area contributed by atoms with Gasteiger partial charge in [-0.2, -0.15) is 13.2 Å². The molecule has 1 atom stereocenters. The molecule has 0 aromatic carbocycles. The molecule has 0 amide bonds. The summed E-state index contributed by atoms with van der Waals surface area (Å²) in [5, 5.41) is 0. The molecule has 1 saturated carbocycles. The standard InChI is InChI=1S/C20H36F3NO3/c1-18(2,3)24-12-14(13-24)9-17(20(21,22)23)26-8-7-25-15-10-16(11-15)27-19(4,5)6/h14-17H,7-13H2,1-6H3. The van der Waals surface area contributed by atoms with Crippen molar-refractivity contribution in [2.24, 2.45) is 5.92 Å². The quantitative estimate of drug-likeness (QED) is 0.570. The molecule has 0 spiro atoms. The fourth-order valence-electron chi connectivity index (χ4n) is 3.52. The van der Waals surface area contributed by atoms with Crippen molar-refractivity contribution >= 4 is 0 Å². The normalized spacial score (nSPS) is 26.6. The Morgan fingerprint density at radius 3 is 2.00 bits per heavy atom. The van der Waals surface area contributed by atoms with Gasteiger partial charge in [0.05, 0.1) is 31.0 Å². The molecule has 0 radical (unpaired) electrons. The second-order valence-corrected chi connectivity index (χ2v) is 9.90. The largest absolute Gasteiger partial charge is 0.414 e. The van der Waals surface area contributed by atoms with Gasteiger partial charge in [-0.1, -0.05) is 0 Å². The van der Waals surface area contributed by atoms with Crippen molar-refractivity contribution in [3.63, 3.8) is 0 Å². The van der Waals surface area contributed by atoms with E-state index in [0.29, 0.717) is 13.1 Å². The summed E-state index contributed by atoms with van der Waals surface area (Å²) in [6.07, 6.45) is -4.16. The predicted molar refractivity (Wildman–Crippen MR) is 98.8 cm³/mol. The van der Waals surface area contributed by atoms with Gasteiger partial charge in [0.1, 0.15) is 0 Å². The van der Waals surface area contributed by atoms with Crippen LogP contribution in [0.15, 0.2) is 0 Å². The number of hydrogen-bond donors (Lipinski definition) is 0. The van der Waals surface area contributed by atoms with Gasteiger partial charge in [-0.05, 0) is 66.7 Å². The maximum atomic E-state index is 13.2. The molecule has 160 valence electrons. The minimum absolute atomic E-state index is 0.0102. The van der Waals surface area contributed by atoms with Crippen LogP contribution in [0.2, 0.25) is 0 Å². The topological polar surface area (TPSA) is 30.9 Å². The Balaban J connectivity index is 1.62. The number of hydrogen-bond acceptors (Lipinski definition) is 4. The summed E-state index contributed by atoms with van der Waals surface area (Å²) in [5.41, 5.74) is -0.168. The Morgan fingerprint density at radius 2 is 1.52 bits per heavy atom. The molecule has 2 rings (SSSR count). The van der Waals surface area contributed by atoms with E-state index in [4.69, 9.17) is 14.2 Å². The van der Waals surface area contributed by atoms with Crippen molar-refractivity contribution in [1.29, 1.82) is 0 Å². The maximum Gasteiger partial charge on any atom is 0.414 e. The zero-order chi connectivity index (χ0) is 20.5. The Bertz CT molecular complexity index is 459. The first-order valence-electron chi connectivity index (χ1n) is 9.97. The van der Waals surface area contributed by atoms with E-state index in [1.165, 1.54) is 0 Å². The third-order valence-electron chi connectivity index (χ3n) is 5.15. The third kappa shape index (κ3) is 7.52. The number of rotatable bonds is 8. The molecule has 2 aliphatic rings. The molecule has 4 nitrogen and oxygen atoms in total. The highest BCUT2D eigenvalue weighted by Gasteiger charge is 2.45. The molecule has 0 N–H and O–H groups in total. The van der Waals surface area contributed by atoms with Crippen LogP contribution in [0, 0.1) is 5.92 Å². The summed E-state index contributed by atoms with van der Waals surface area (Å²) >= 11 is 0. The van der Waals surface area contributed by atoms with Crippen LogP contribution < -0.4 is 0 Å². The van der Waals surface area contributed by atoms with E-state index in [0.717, 1.165) is 12.8 Å². The Kier molecular flexibility index (Phi) is 7.26. The lowest BCUT2D eigenvalue weighted by Crippen LogP contribution is -2.57. The van der Waals surface area contributed by atoms with Gasteiger partial charge in [0.25, 0.3) is 0 Å². The van der Waals surface area contributed by atoms with Crippen LogP contribution >= 0.6 is 0 Å². The summed E-state index contributed by atoms with van der Waals surface area (Å²) in [4.78, 5) is 2.20. The first-order chi connectivity index (χ1) is 12.2. The van der Waals surface area contributed by atoms with Gasteiger partial charge in [-0.15, -0.1) is 0 Å². The van der Waals surface area contributed by atoms with Crippen LogP contribution in [0.4, 0.5) is 13.2 Å². The average molecular weight is 396 g/mol. The van der Waals surface area contributed by atoms with Gasteiger partial charge < -0.3 is 14.2 Å². The van der Waals surface area contributed by atoms with Gasteiger partial charge in [0.15, 0.2) is 6.10 Å². The maximum absolute atomic E-state index is 13.2. The van der Waals surface area contributed by atoms with Crippen LogP contribution in [-0.4, -0.2) is 66.8 Å². The third-order valence-corrected chi connectivity index (χ3v) is 5.15. The summed E-state index contributed by atoms with van der Waals surface area (Å²) in [7, 11) is 0. The molecule has 7 heteroatoms. The average Bonchev–Trinajstić information content (AvgIpc) is 2.36. The molecule has 1 heterocycles. The molecule has 0 aromatic rings. The molecular weight excluding hydrogens is 359 g/mol. The van der Waals surface area contributed by atoms with Gasteiger partial charge in [0, 0.05) is 18.6 Å². The second-order valence-electron chi connectivity index (χ2n) is 9.90. The number of likely N-dealkylation sites (tertiary alicyclic amines) is 1. The second kappa shape index (κ2) is 8.56. The fraction of sp³-hybridized carbons (Fsp3) is 1.00. The van der Waals surface area contributed by atoms with Crippen LogP contribution in [0.5, 0.6) is 0 Å². The van der Waals surface area contributed by atoms with Crippen LogP contribution in [0.1, 0.15) is 60.8 Å². The summed E-state index contributed by atoms with van der Waals surface area (Å²) in [6, 6.07) is 0. The Hall–Kier alpha value is -0.370. The highest BCUT2D eigenvalue weighted by Crippen LogP contribution is 2.34. The Morgan fingerprint density at radius 1 is 0.926 bits per heavy atom. The van der Waals surface area contributed by atoms with Gasteiger partial charge >= 0.3 is 6.18 Å². The first-order valence-corrected chi connectivity index (χ1v) is 9.97. The van der Waals surface area contributed by atoms with Crippen molar-refractivity contribution in [3.8, 4) is 0 Å². The van der Waals surface area contributed by atoms with Crippen molar-refractivity contribution < 1.29 is 27.4 Å². The SMILES string of the molecule is CC(C)(C)OC1CC(OCCOC(CC2CN(C(C)(C)C)C2)C(F)(F)F)C1. The van der Waals surface area contributed by atoms with Gasteiger partial charge in [-0.3, -0.25) is 4.90 Å². The van der Waals surface area contributed by atoms with Crippen molar-refractivity contribution in [1.82, 2.24) is 4.90 Å². The summed E-state index contributed by atoms with van der Waals surface area (Å²) in [5.74, 6) is 0.0405. The molecule has 1 aliphatic heterocycles. The molecule has 1 saturated heterocycles. The molecule has 2 fully saturated rings. The van der Waals surface area contributed by atoms with Crippen molar-refractivity contribution in [2.75, 3.05) is 26.3 Å². The Labute approximate surface area is 161 Å². The monoisotopic (exact) mass is 395 g/mol. The van der Waals surface area contributed by atoms with E-state index >= 15 is 0 Å². The lowest BCUT2D eigenvalue weighted by atomic mass is 9.88. The van der Waals surface area contributed by atoms with E-state index < -0.39 is 12.3 Å². The van der Waals surface area contributed by atoms with Gasteiger partial charge in [0.2, 0.25) is 0 Å². The number of ether oxygens (including phenoxy) is 3. The van der Waals surface area contributed by atoms with E-state index in [1.807, 2.05) is 20.8 Å². The number of alkyl halides is 3. The van der Waals surface area contributed by atoms with E-state index in [-0.39, 0.29) is 48.9 Å². The lowest BCUT2D eigenvalue weighted by molar-refractivity contribution is -0.233. The lowest BCUT2D eigenvalue weighted by Gasteiger charge is -2.48. The fourth-order valence-corrected chi connectivity index (χ4v) is 3.52. The van der Waals surface area contributed by atoms with Crippen molar-refractivity contribution in [2.45, 2.75) is 96.4 Å². The zero-order valence-electron chi connectivity index (χ0n) is 17.6. The highest BCUT2D eigenvalue weighted by atomic mass is 19.4. The smallest absolute Gasteiger partial charge is 0.376 e. The first kappa shape index (κ1) is 22.9. The predicted octanol–water partition coefficient (Wildman–Crippen LogP) is 4.42. The van der Waals surface area contributed by atoms with Crippen LogP contribution in [0.25, 0.3) is 0 Å². The minimum atomic E-state index is -4.33. The molecule has 0 aromatic heterocycles.